The van der Waals surface area contributed by atoms with Crippen molar-refractivity contribution in [2.75, 3.05) is 13.2 Å². The van der Waals surface area contributed by atoms with E-state index in [1.54, 1.807) is 0 Å². The Hall–Kier alpha value is -0.131. The minimum absolute atomic E-state index is 0.0249. The Morgan fingerprint density at radius 1 is 1.37 bits per heavy atom. The van der Waals surface area contributed by atoms with Gasteiger partial charge >= 0.3 is 120 Å². The SMILES string of the molecule is [CH3][Sn]([CH3])([CH3])[c]1cc(CCOC2CCCCO2)ccn1. The Morgan fingerprint density at radius 3 is 2.89 bits per heavy atom. The van der Waals surface area contributed by atoms with Crippen molar-refractivity contribution in [2.45, 2.75) is 46.8 Å². The standard InChI is InChI=1S/C12H16NO2.3CH3.Sn/c1-2-9-14-12(3-1)15-10-6-11-4-7-13-8-5-11;;;;/h4-5,7,12H,1-3,6,9-10H2;3*1H3;. The molecule has 1 aromatic heterocycles. The van der Waals surface area contributed by atoms with Crippen molar-refractivity contribution in [1.29, 1.82) is 0 Å². The number of hydrogen-bond acceptors (Lipinski definition) is 3. The molecule has 1 aliphatic rings. The molecule has 2 heterocycles. The zero-order valence-electron chi connectivity index (χ0n) is 12.3. The van der Waals surface area contributed by atoms with Gasteiger partial charge in [0.1, 0.15) is 0 Å². The molecule has 2 rings (SSSR count). The molecule has 3 nitrogen and oxygen atoms in total. The first-order chi connectivity index (χ1) is 9.05. The second-order valence-electron chi connectivity index (χ2n) is 6.22. The van der Waals surface area contributed by atoms with E-state index in [0.29, 0.717) is 0 Å². The van der Waals surface area contributed by atoms with E-state index >= 15 is 0 Å². The summed E-state index contributed by atoms with van der Waals surface area (Å²) < 4.78 is 12.7. The van der Waals surface area contributed by atoms with Gasteiger partial charge in [-0.05, 0) is 0 Å². The van der Waals surface area contributed by atoms with Crippen LogP contribution in [-0.2, 0) is 15.9 Å². The van der Waals surface area contributed by atoms with Crippen molar-refractivity contribution < 1.29 is 9.47 Å². The fourth-order valence-electron chi connectivity index (χ4n) is 2.19. The van der Waals surface area contributed by atoms with Gasteiger partial charge in [0.25, 0.3) is 0 Å². The normalized spacial score (nSPS) is 20.5. The molecule has 0 aliphatic carbocycles. The van der Waals surface area contributed by atoms with Crippen LogP contribution in [0, 0.1) is 0 Å². The van der Waals surface area contributed by atoms with Crippen molar-refractivity contribution in [1.82, 2.24) is 4.98 Å². The Labute approximate surface area is 120 Å². The Kier molecular flexibility index (Phi) is 5.66. The molecule has 1 aliphatic heterocycles. The van der Waals surface area contributed by atoms with Gasteiger partial charge in [0.15, 0.2) is 0 Å². The summed E-state index contributed by atoms with van der Waals surface area (Å²) in [4.78, 5) is 11.7. The second-order valence-corrected chi connectivity index (χ2v) is 20.5. The fourth-order valence-corrected chi connectivity index (χ4v) is 5.27. The zero-order chi connectivity index (χ0) is 13.7. The van der Waals surface area contributed by atoms with E-state index in [0.717, 1.165) is 26.1 Å². The predicted molar refractivity (Wildman–Crippen MR) is 80.5 cm³/mol. The van der Waals surface area contributed by atoms with E-state index in [1.807, 2.05) is 6.20 Å². The van der Waals surface area contributed by atoms with E-state index < -0.39 is 18.4 Å². The molecule has 0 saturated carbocycles. The molecule has 1 atom stereocenters. The number of ether oxygens (including phenoxy) is 2. The molecule has 1 unspecified atom stereocenters. The first kappa shape index (κ1) is 15.3. The van der Waals surface area contributed by atoms with Gasteiger partial charge in [-0.15, -0.1) is 0 Å². The number of hydrogen-bond donors (Lipinski definition) is 0. The third kappa shape index (κ3) is 5.04. The second kappa shape index (κ2) is 7.04. The van der Waals surface area contributed by atoms with Crippen LogP contribution in [-0.4, -0.2) is 42.9 Å². The molecule has 1 aromatic rings. The van der Waals surface area contributed by atoms with E-state index in [9.17, 15) is 0 Å². The molecule has 1 fully saturated rings. The van der Waals surface area contributed by atoms with Crippen LogP contribution in [0.2, 0.25) is 14.8 Å². The molecule has 19 heavy (non-hydrogen) atoms. The number of pyridine rings is 1. The van der Waals surface area contributed by atoms with Gasteiger partial charge in [0, 0.05) is 0 Å². The summed E-state index contributed by atoms with van der Waals surface area (Å²) in [5.74, 6) is 0. The topological polar surface area (TPSA) is 31.4 Å². The van der Waals surface area contributed by atoms with E-state index in [2.05, 4.69) is 31.9 Å². The van der Waals surface area contributed by atoms with Gasteiger partial charge in [0.05, 0.1) is 0 Å². The van der Waals surface area contributed by atoms with Crippen LogP contribution >= 0.6 is 0 Å². The Bertz CT molecular complexity index is 397. The van der Waals surface area contributed by atoms with Crippen molar-refractivity contribution in [2.24, 2.45) is 0 Å². The van der Waals surface area contributed by atoms with Crippen LogP contribution in [0.1, 0.15) is 24.8 Å². The van der Waals surface area contributed by atoms with Crippen LogP contribution in [0.25, 0.3) is 0 Å². The summed E-state index contributed by atoms with van der Waals surface area (Å²) in [5, 5.41) is 0. The predicted octanol–water partition coefficient (Wildman–Crippen LogP) is 2.71. The number of rotatable bonds is 5. The summed E-state index contributed by atoms with van der Waals surface area (Å²) in [6.07, 6.45) is 6.37. The molecule has 0 bridgehead atoms. The van der Waals surface area contributed by atoms with E-state index in [-0.39, 0.29) is 6.29 Å². The first-order valence-electron chi connectivity index (χ1n) is 7.24. The molecular weight excluding hydrogens is 345 g/mol. The Balaban J connectivity index is 1.82. The van der Waals surface area contributed by atoms with E-state index in [4.69, 9.17) is 9.47 Å². The van der Waals surface area contributed by atoms with E-state index in [1.165, 1.54) is 22.1 Å². The molecule has 106 valence electrons. The van der Waals surface area contributed by atoms with Crippen molar-refractivity contribution >= 4 is 22.1 Å². The van der Waals surface area contributed by atoms with Crippen LogP contribution in [0.5, 0.6) is 0 Å². The fraction of sp³-hybridized carbons (Fsp3) is 0.667. The van der Waals surface area contributed by atoms with Crippen LogP contribution in [0.15, 0.2) is 18.3 Å². The van der Waals surface area contributed by atoms with Crippen molar-refractivity contribution in [3.8, 4) is 0 Å². The summed E-state index contributed by atoms with van der Waals surface area (Å²) >= 11 is -2.04. The first-order valence-corrected chi connectivity index (χ1v) is 17.2. The molecule has 0 amide bonds. The molecular formula is C15H25NO2Sn. The average Bonchev–Trinajstić information content (AvgIpc) is 2.39. The Morgan fingerprint density at radius 2 is 2.21 bits per heavy atom. The average molecular weight is 370 g/mol. The van der Waals surface area contributed by atoms with Gasteiger partial charge in [0.2, 0.25) is 0 Å². The minimum atomic E-state index is -2.04. The molecule has 0 N–H and O–H groups in total. The van der Waals surface area contributed by atoms with Gasteiger partial charge in [-0.25, -0.2) is 0 Å². The summed E-state index contributed by atoms with van der Waals surface area (Å²) in [6.45, 7) is 1.59. The van der Waals surface area contributed by atoms with Gasteiger partial charge in [-0.1, -0.05) is 0 Å². The van der Waals surface area contributed by atoms with Gasteiger partial charge in [-0.3, -0.25) is 0 Å². The number of nitrogens with zero attached hydrogens (tertiary/aromatic N) is 1. The third-order valence-electron chi connectivity index (χ3n) is 3.43. The van der Waals surface area contributed by atoms with Crippen LogP contribution < -0.4 is 3.71 Å². The summed E-state index contributed by atoms with van der Waals surface area (Å²) in [7, 11) is 0. The molecule has 0 radical (unpaired) electrons. The van der Waals surface area contributed by atoms with Crippen LogP contribution in [0.3, 0.4) is 0 Å². The molecule has 1 saturated heterocycles. The summed E-state index contributed by atoms with van der Waals surface area (Å²) in [6, 6.07) is 4.38. The zero-order valence-corrected chi connectivity index (χ0v) is 15.2. The van der Waals surface area contributed by atoms with Crippen LogP contribution in [0.4, 0.5) is 0 Å². The maximum atomic E-state index is 5.79. The van der Waals surface area contributed by atoms with Gasteiger partial charge < -0.3 is 0 Å². The van der Waals surface area contributed by atoms with Crippen molar-refractivity contribution in [3.63, 3.8) is 0 Å². The van der Waals surface area contributed by atoms with Gasteiger partial charge in [-0.2, -0.15) is 0 Å². The third-order valence-corrected chi connectivity index (χ3v) is 8.59. The monoisotopic (exact) mass is 371 g/mol. The molecule has 4 heteroatoms. The maximum absolute atomic E-state index is 5.79. The molecule has 0 aromatic carbocycles. The number of aromatic nitrogens is 1. The molecule has 0 spiro atoms. The van der Waals surface area contributed by atoms with Crippen molar-refractivity contribution in [3.05, 3.63) is 23.9 Å². The quantitative estimate of drug-likeness (QED) is 0.748. The summed E-state index contributed by atoms with van der Waals surface area (Å²) in [5.41, 5.74) is 1.34.